The van der Waals surface area contributed by atoms with Crippen molar-refractivity contribution in [1.82, 2.24) is 15.0 Å². The van der Waals surface area contributed by atoms with Crippen molar-refractivity contribution in [1.29, 1.82) is 0 Å². The third kappa shape index (κ3) is 3.46. The van der Waals surface area contributed by atoms with Crippen molar-refractivity contribution in [3.63, 3.8) is 0 Å². The molecular formula is C11H14F3N3O2. The minimum absolute atomic E-state index is 0.0749. The average molecular weight is 277 g/mol. The number of amides is 1. The van der Waals surface area contributed by atoms with E-state index in [0.717, 1.165) is 10.6 Å². The highest BCUT2D eigenvalue weighted by Crippen LogP contribution is 2.20. The quantitative estimate of drug-likeness (QED) is 0.814. The molecule has 2 rings (SSSR count). The number of aryl methyl sites for hydroxylation is 1. The lowest BCUT2D eigenvalue weighted by Gasteiger charge is -2.34. The Balaban J connectivity index is 1.84. The van der Waals surface area contributed by atoms with Crippen LogP contribution >= 0.6 is 0 Å². The Morgan fingerprint density at radius 1 is 1.37 bits per heavy atom. The van der Waals surface area contributed by atoms with Crippen molar-refractivity contribution in [2.75, 3.05) is 26.2 Å². The lowest BCUT2D eigenvalue weighted by molar-refractivity contribution is -0.187. The molecule has 0 atom stereocenters. The molecule has 0 unspecified atom stereocenters. The van der Waals surface area contributed by atoms with Crippen LogP contribution in [0.1, 0.15) is 11.5 Å². The van der Waals surface area contributed by atoms with E-state index in [1.165, 1.54) is 0 Å². The van der Waals surface area contributed by atoms with Gasteiger partial charge in [0.2, 0.25) is 0 Å². The Labute approximate surface area is 107 Å². The van der Waals surface area contributed by atoms with Gasteiger partial charge in [-0.1, -0.05) is 5.16 Å². The second kappa shape index (κ2) is 5.20. The van der Waals surface area contributed by atoms with Crippen molar-refractivity contribution < 1.29 is 22.5 Å². The maximum absolute atomic E-state index is 12.3. The monoisotopic (exact) mass is 277 g/mol. The van der Waals surface area contributed by atoms with Gasteiger partial charge in [0.15, 0.2) is 5.76 Å². The van der Waals surface area contributed by atoms with Crippen LogP contribution in [0, 0.1) is 6.92 Å². The second-order valence-corrected chi connectivity index (χ2v) is 4.50. The first-order valence-electron chi connectivity index (χ1n) is 5.87. The number of hydrogen-bond acceptors (Lipinski definition) is 4. The second-order valence-electron chi connectivity index (χ2n) is 4.50. The Bertz CT molecular complexity index is 450. The summed E-state index contributed by atoms with van der Waals surface area (Å²) in [5.41, 5.74) is 0.765. The first-order valence-corrected chi connectivity index (χ1v) is 5.87. The molecule has 0 N–H and O–H groups in total. The van der Waals surface area contributed by atoms with Gasteiger partial charge in [0.1, 0.15) is 0 Å². The molecule has 1 fully saturated rings. The van der Waals surface area contributed by atoms with Gasteiger partial charge in [-0.05, 0) is 6.92 Å². The van der Waals surface area contributed by atoms with Gasteiger partial charge in [0.05, 0.1) is 12.2 Å². The van der Waals surface area contributed by atoms with Crippen LogP contribution in [0.3, 0.4) is 0 Å². The number of nitrogens with zero attached hydrogens (tertiary/aromatic N) is 3. The zero-order valence-corrected chi connectivity index (χ0v) is 10.4. The van der Waals surface area contributed by atoms with Gasteiger partial charge in [-0.15, -0.1) is 0 Å². The molecule has 0 aliphatic carbocycles. The van der Waals surface area contributed by atoms with Crippen LogP contribution < -0.4 is 0 Å². The first-order chi connectivity index (χ1) is 8.86. The molecule has 0 radical (unpaired) electrons. The number of hydrogen-bond donors (Lipinski definition) is 0. The van der Waals surface area contributed by atoms with Crippen molar-refractivity contribution in [3.05, 3.63) is 17.5 Å². The summed E-state index contributed by atoms with van der Waals surface area (Å²) in [6.45, 7) is 3.22. The van der Waals surface area contributed by atoms with E-state index in [1.807, 2.05) is 4.90 Å². The summed E-state index contributed by atoms with van der Waals surface area (Å²) < 4.78 is 41.8. The fraction of sp³-hybridized carbons (Fsp3) is 0.636. The summed E-state index contributed by atoms with van der Waals surface area (Å²) in [5.74, 6) is -1.09. The van der Waals surface area contributed by atoms with Gasteiger partial charge in [-0.25, -0.2) is 0 Å². The topological polar surface area (TPSA) is 49.6 Å². The van der Waals surface area contributed by atoms with Crippen LogP contribution in [-0.4, -0.2) is 53.2 Å². The minimum atomic E-state index is -4.79. The lowest BCUT2D eigenvalue weighted by atomic mass is 10.3. The number of rotatable bonds is 2. The van der Waals surface area contributed by atoms with Crippen LogP contribution in [-0.2, 0) is 11.3 Å². The molecule has 1 aliphatic rings. The molecule has 0 aromatic carbocycles. The van der Waals surface area contributed by atoms with Gasteiger partial charge in [-0.3, -0.25) is 9.69 Å². The average Bonchev–Trinajstić information content (AvgIpc) is 2.74. The van der Waals surface area contributed by atoms with Crippen LogP contribution in [0.25, 0.3) is 0 Å². The van der Waals surface area contributed by atoms with Gasteiger partial charge in [0.25, 0.3) is 0 Å². The smallest absolute Gasteiger partial charge is 0.360 e. The number of carbonyl (C=O) groups is 1. The predicted octanol–water partition coefficient (Wildman–Crippen LogP) is 1.19. The lowest BCUT2D eigenvalue weighted by Crippen LogP contribution is -2.52. The zero-order valence-electron chi connectivity index (χ0n) is 10.4. The van der Waals surface area contributed by atoms with E-state index in [4.69, 9.17) is 4.52 Å². The maximum Gasteiger partial charge on any atom is 0.471 e. The Hall–Kier alpha value is -1.57. The summed E-state index contributed by atoms with van der Waals surface area (Å²) in [6, 6.07) is 1.78. The van der Waals surface area contributed by atoms with Crippen molar-refractivity contribution in [3.8, 4) is 0 Å². The van der Waals surface area contributed by atoms with E-state index < -0.39 is 12.1 Å². The van der Waals surface area contributed by atoms with Gasteiger partial charge in [-0.2, -0.15) is 13.2 Å². The Kier molecular flexibility index (Phi) is 3.79. The molecule has 0 spiro atoms. The molecule has 8 heteroatoms. The highest BCUT2D eigenvalue weighted by atomic mass is 19.4. The summed E-state index contributed by atoms with van der Waals surface area (Å²) in [7, 11) is 0. The fourth-order valence-corrected chi connectivity index (χ4v) is 2.00. The van der Waals surface area contributed by atoms with E-state index in [9.17, 15) is 18.0 Å². The number of alkyl halides is 3. The van der Waals surface area contributed by atoms with Crippen LogP contribution in [0.2, 0.25) is 0 Å². The molecule has 1 amide bonds. The molecule has 19 heavy (non-hydrogen) atoms. The van der Waals surface area contributed by atoms with Gasteiger partial charge >= 0.3 is 12.1 Å². The standard InChI is InChI=1S/C11H14F3N3O2/c1-8-6-9(19-15-8)7-16-2-4-17(5-3-16)10(18)11(12,13)14/h6H,2-5,7H2,1H3. The number of piperazine rings is 1. The van der Waals surface area contributed by atoms with Crippen LogP contribution in [0.5, 0.6) is 0 Å². The molecule has 0 saturated carbocycles. The Morgan fingerprint density at radius 3 is 2.47 bits per heavy atom. The molecule has 2 heterocycles. The molecule has 1 aliphatic heterocycles. The summed E-state index contributed by atoms with van der Waals surface area (Å²) in [6.07, 6.45) is -4.79. The number of halogens is 3. The fourth-order valence-electron chi connectivity index (χ4n) is 2.00. The summed E-state index contributed by atoms with van der Waals surface area (Å²) in [5, 5.41) is 3.74. The van der Waals surface area contributed by atoms with Crippen molar-refractivity contribution >= 4 is 5.91 Å². The molecule has 1 saturated heterocycles. The SMILES string of the molecule is Cc1cc(CN2CCN(C(=O)C(F)(F)F)CC2)on1. The van der Waals surface area contributed by atoms with Crippen LogP contribution in [0.4, 0.5) is 13.2 Å². The molecular weight excluding hydrogens is 263 g/mol. The van der Waals surface area contributed by atoms with Crippen LogP contribution in [0.15, 0.2) is 10.6 Å². The zero-order chi connectivity index (χ0) is 14.0. The normalized spacial score (nSPS) is 17.8. The summed E-state index contributed by atoms with van der Waals surface area (Å²) >= 11 is 0. The highest BCUT2D eigenvalue weighted by molar-refractivity contribution is 5.81. The largest absolute Gasteiger partial charge is 0.471 e. The van der Waals surface area contributed by atoms with Crippen molar-refractivity contribution in [2.45, 2.75) is 19.6 Å². The van der Waals surface area contributed by atoms with Gasteiger partial charge in [0, 0.05) is 32.2 Å². The highest BCUT2D eigenvalue weighted by Gasteiger charge is 2.43. The molecule has 1 aromatic heterocycles. The minimum Gasteiger partial charge on any atom is -0.360 e. The Morgan fingerprint density at radius 2 is 2.00 bits per heavy atom. The van der Waals surface area contributed by atoms with Gasteiger partial charge < -0.3 is 9.42 Å². The number of carbonyl (C=O) groups excluding carboxylic acids is 1. The van der Waals surface area contributed by atoms with E-state index in [-0.39, 0.29) is 13.1 Å². The van der Waals surface area contributed by atoms with Crippen molar-refractivity contribution in [2.24, 2.45) is 0 Å². The molecule has 5 nitrogen and oxygen atoms in total. The summed E-state index contributed by atoms with van der Waals surface area (Å²) in [4.78, 5) is 13.8. The molecule has 106 valence electrons. The van der Waals surface area contributed by atoms with E-state index in [0.29, 0.717) is 25.4 Å². The van der Waals surface area contributed by atoms with E-state index >= 15 is 0 Å². The third-order valence-corrected chi connectivity index (χ3v) is 2.96. The maximum atomic E-state index is 12.3. The number of aromatic nitrogens is 1. The van der Waals surface area contributed by atoms with E-state index in [1.54, 1.807) is 13.0 Å². The molecule has 0 bridgehead atoms. The third-order valence-electron chi connectivity index (χ3n) is 2.96. The van der Waals surface area contributed by atoms with E-state index in [2.05, 4.69) is 5.16 Å². The molecule has 1 aromatic rings. The predicted molar refractivity (Wildman–Crippen MR) is 59.2 cm³/mol. The first kappa shape index (κ1) is 13.9.